The highest BCUT2D eigenvalue weighted by atomic mass is 28.3. The molecule has 4 aliphatic heterocycles. The van der Waals surface area contributed by atoms with Gasteiger partial charge in [-0.05, 0) is 95.2 Å². The lowest BCUT2D eigenvalue weighted by Gasteiger charge is -2.43. The maximum atomic E-state index is 16.9. The molecule has 4 N–H and O–H groups in total. The van der Waals surface area contributed by atoms with Gasteiger partial charge in [-0.1, -0.05) is 32.2 Å². The Morgan fingerprint density at radius 3 is 1.96 bits per heavy atom. The average Bonchev–Trinajstić information content (AvgIpc) is 4.25. The van der Waals surface area contributed by atoms with E-state index in [1.54, 1.807) is 35.8 Å². The van der Waals surface area contributed by atoms with Gasteiger partial charge in [-0.25, -0.2) is 27.7 Å². The van der Waals surface area contributed by atoms with Gasteiger partial charge in [0.25, 0.3) is 0 Å². The van der Waals surface area contributed by atoms with Gasteiger partial charge in [-0.3, -0.25) is 14.4 Å². The zero-order chi connectivity index (χ0) is 54.1. The Hall–Kier alpha value is -6.13. The maximum absolute atomic E-state index is 16.9. The molecule has 4 saturated heterocycles. The van der Waals surface area contributed by atoms with Gasteiger partial charge in [0.1, 0.15) is 35.5 Å². The molecule has 3 aromatic rings. The molecular weight excluding hydrogens is 992 g/mol. The molecule has 75 heavy (non-hydrogen) atoms. The second-order valence-corrected chi connectivity index (χ2v) is 26.9. The number of ether oxygens (including phenoxy) is 4. The Balaban J connectivity index is 1.08. The number of carbonyl (C=O) groups excluding carboxylic acids is 5. The number of nitrogens with zero attached hydrogens (tertiary/aromatic N) is 5. The summed E-state index contributed by atoms with van der Waals surface area (Å²) >= 11 is 0. The fourth-order valence-electron chi connectivity index (χ4n) is 11.6. The van der Waals surface area contributed by atoms with E-state index in [2.05, 4.69) is 34.0 Å². The predicted octanol–water partition coefficient (Wildman–Crippen LogP) is 7.36. The number of amides is 5. The van der Waals surface area contributed by atoms with Crippen molar-refractivity contribution in [2.45, 2.75) is 139 Å². The molecule has 1 aromatic heterocycles. The normalized spacial score (nSPS) is 25.1. The topological polar surface area (TPSA) is 200 Å². The zero-order valence-electron chi connectivity index (χ0n) is 44.4. The van der Waals surface area contributed by atoms with Gasteiger partial charge in [0.15, 0.2) is 11.6 Å². The molecule has 0 saturated carbocycles. The van der Waals surface area contributed by atoms with Crippen LogP contribution in [0.3, 0.4) is 0 Å². The summed E-state index contributed by atoms with van der Waals surface area (Å²) in [6.07, 6.45) is 6.24. The van der Waals surface area contributed by atoms with Crippen LogP contribution in [0.15, 0.2) is 48.2 Å². The van der Waals surface area contributed by atoms with E-state index in [0.717, 1.165) is 12.1 Å². The van der Waals surface area contributed by atoms with Gasteiger partial charge < -0.3 is 59.5 Å². The number of methoxy groups -OCH3 is 4. The van der Waals surface area contributed by atoms with E-state index < -0.39 is 103 Å². The lowest BCUT2D eigenvalue weighted by molar-refractivity contribution is -0.142. The van der Waals surface area contributed by atoms with Crippen molar-refractivity contribution in [1.82, 2.24) is 35.7 Å². The van der Waals surface area contributed by atoms with Crippen LogP contribution < -0.4 is 25.8 Å². The molecule has 22 heteroatoms. The van der Waals surface area contributed by atoms with Gasteiger partial charge in [0.05, 0.1) is 57.6 Å². The van der Waals surface area contributed by atoms with E-state index in [1.807, 2.05) is 24.0 Å². The first kappa shape index (κ1) is 55.1. The number of rotatable bonds is 15. The summed E-state index contributed by atoms with van der Waals surface area (Å²) in [4.78, 5) is 81.1. The summed E-state index contributed by atoms with van der Waals surface area (Å²) in [7, 11) is 3.80. The minimum Gasteiger partial charge on any atom is -0.453 e. The number of hydrogen-bond donors (Lipinski definition) is 4. The van der Waals surface area contributed by atoms with E-state index in [-0.39, 0.29) is 17.3 Å². The Morgan fingerprint density at radius 1 is 0.773 bits per heavy atom. The van der Waals surface area contributed by atoms with Crippen LogP contribution in [0.1, 0.15) is 89.2 Å². The average molecular weight is 1060 g/mol. The maximum Gasteiger partial charge on any atom is 0.407 e. The van der Waals surface area contributed by atoms with Crippen molar-refractivity contribution in [3.63, 3.8) is 0 Å². The molecule has 4 fully saturated rings. The summed E-state index contributed by atoms with van der Waals surface area (Å²) < 4.78 is 70.5. The first-order chi connectivity index (χ1) is 35.7. The predicted molar refractivity (Wildman–Crippen MR) is 278 cm³/mol. The van der Waals surface area contributed by atoms with E-state index in [0.29, 0.717) is 99.2 Å². The molecule has 8 rings (SSSR count). The summed E-state index contributed by atoms with van der Waals surface area (Å²) in [5.41, 5.74) is 1.19. The van der Waals surface area contributed by atoms with Crippen LogP contribution in [0.25, 0.3) is 11.0 Å². The van der Waals surface area contributed by atoms with Crippen LogP contribution in [0.5, 0.6) is 0 Å². The summed E-state index contributed by atoms with van der Waals surface area (Å²) in [6.45, 7) is 11.7. The Labute approximate surface area is 437 Å². The number of nitrogens with one attached hydrogen (secondary N) is 4. The van der Waals surface area contributed by atoms with Crippen LogP contribution in [-0.4, -0.2) is 149 Å². The first-order valence-corrected chi connectivity index (χ1v) is 29.4. The van der Waals surface area contributed by atoms with E-state index in [4.69, 9.17) is 23.9 Å². The highest BCUT2D eigenvalue weighted by Gasteiger charge is 2.47. The first-order valence-electron chi connectivity index (χ1n) is 26.0. The van der Waals surface area contributed by atoms with Gasteiger partial charge in [0, 0.05) is 74.9 Å². The van der Waals surface area contributed by atoms with Gasteiger partial charge in [0.2, 0.25) is 17.7 Å². The number of aromatic nitrogens is 2. The number of benzene rings is 2. The second-order valence-electron chi connectivity index (χ2n) is 21.6. The third-order valence-electron chi connectivity index (χ3n) is 16.4. The van der Waals surface area contributed by atoms with Crippen LogP contribution in [0.2, 0.25) is 25.2 Å². The van der Waals surface area contributed by atoms with Crippen molar-refractivity contribution in [3.05, 3.63) is 77.0 Å². The van der Waals surface area contributed by atoms with Gasteiger partial charge in [-0.15, -0.1) is 0 Å². The number of imidazole rings is 1. The summed E-state index contributed by atoms with van der Waals surface area (Å²) in [5.74, 6) is -2.74. The van der Waals surface area contributed by atoms with E-state index in [1.165, 1.54) is 51.5 Å². The monoisotopic (exact) mass is 1060 g/mol. The summed E-state index contributed by atoms with van der Waals surface area (Å²) in [6, 6.07) is 3.08. The highest BCUT2D eigenvalue weighted by Crippen LogP contribution is 2.51. The second kappa shape index (κ2) is 22.6. The van der Waals surface area contributed by atoms with E-state index in [9.17, 15) is 24.0 Å². The largest absolute Gasteiger partial charge is 0.453 e. The number of H-pyrrole nitrogens is 1. The van der Waals surface area contributed by atoms with Crippen molar-refractivity contribution in [3.8, 4) is 0 Å². The number of hydrogen-bond acceptors (Lipinski definition) is 12. The molecule has 408 valence electrons. The number of alkyl carbamates (subject to hydrolysis) is 2. The molecule has 5 amide bonds. The molecule has 0 radical (unpaired) electrons. The quantitative estimate of drug-likeness (QED) is 0.111. The standard InChI is InChI=1S/C53H72F3N9O9Si/c1-30(71-4)44(60-51(69)73-6)49(67)63-20-10-12-41(63)47-58-38-28-34(35(54)29-39(38)59-47)40-14-15-43(65(40)33-26-36(55)46(37(56)27-33)62-22-24-75(8,9)25-23-62)53(3)18-16-32(17-19-53)57-48(66)42-13-11-21-64(42)50(68)45(31(2)72-5)61-52(70)74-7/h16-18,26-31,40-45H,10-15,19-25H2,1-9H3,(H,57,66)(H,58,59)(H,60,69)(H,61,70)/t30-,31-,40+,41+,42+,43+,44+,45+,53?/m1/s1. The van der Waals surface area contributed by atoms with Gasteiger partial charge >= 0.3 is 12.2 Å². The molecule has 5 heterocycles. The molecule has 2 aromatic carbocycles. The number of fused-ring (bicyclic) bond motifs is 1. The highest BCUT2D eigenvalue weighted by molar-refractivity contribution is 6.77. The lowest BCUT2D eigenvalue weighted by Crippen LogP contribution is -2.57. The Bertz CT molecular complexity index is 2690. The molecule has 0 bridgehead atoms. The molecule has 1 aliphatic carbocycles. The van der Waals surface area contributed by atoms with Crippen LogP contribution >= 0.6 is 0 Å². The van der Waals surface area contributed by atoms with Crippen LogP contribution in [0.4, 0.5) is 34.1 Å². The fourth-order valence-corrected chi connectivity index (χ4v) is 13.6. The molecule has 9 atom stereocenters. The third kappa shape index (κ3) is 11.4. The SMILES string of the molecule is COC(=O)N[C@H](C(=O)N1CCC[C@H]1C(=O)NC1=CCC(C)([C@@H]2CC[C@@H](c3cc4[nH]c([C@@H]5CCCN5C(=O)[C@@H](NC(=O)OC)[C@@H](C)OC)nc4cc3F)N2c2cc(F)c(N3CC[Si](C)(C)CC3)c(F)c2)C=C1)[C@@H](C)OC. The Morgan fingerprint density at radius 2 is 1.37 bits per heavy atom. The lowest BCUT2D eigenvalue weighted by atomic mass is 9.75. The minimum absolute atomic E-state index is 0.0604. The number of anilines is 2. The number of halogens is 3. The molecular formula is C53H72F3N9O9Si. The van der Waals surface area contributed by atoms with Crippen molar-refractivity contribution in [1.29, 1.82) is 0 Å². The minimum atomic E-state index is -1.47. The fraction of sp³-hybridized carbons (Fsp3) is 0.585. The number of allylic oxidation sites excluding steroid dienone is 2. The molecule has 0 spiro atoms. The van der Waals surface area contributed by atoms with Crippen molar-refractivity contribution < 1.29 is 56.1 Å². The summed E-state index contributed by atoms with van der Waals surface area (Å²) in [5, 5.41) is 8.12. The zero-order valence-corrected chi connectivity index (χ0v) is 45.4. The number of aromatic amines is 1. The van der Waals surface area contributed by atoms with Gasteiger partial charge in [-0.2, -0.15) is 0 Å². The van der Waals surface area contributed by atoms with Crippen LogP contribution in [0, 0.1) is 22.9 Å². The van der Waals surface area contributed by atoms with E-state index >= 15 is 13.2 Å². The number of likely N-dealkylation sites (tertiary alicyclic amines) is 2. The molecule has 18 nitrogen and oxygen atoms in total. The van der Waals surface area contributed by atoms with Crippen molar-refractivity contribution in [2.24, 2.45) is 5.41 Å². The van der Waals surface area contributed by atoms with Crippen molar-refractivity contribution in [2.75, 3.05) is 64.4 Å². The molecule has 5 aliphatic rings. The number of carbonyl (C=O) groups is 5. The molecule has 1 unspecified atom stereocenters. The third-order valence-corrected chi connectivity index (χ3v) is 19.5. The smallest absolute Gasteiger partial charge is 0.407 e. The Kier molecular flexibility index (Phi) is 16.6. The van der Waals surface area contributed by atoms with Crippen molar-refractivity contribution >= 4 is 60.4 Å². The van der Waals surface area contributed by atoms with Crippen LogP contribution in [-0.2, 0) is 33.3 Å².